The summed E-state index contributed by atoms with van der Waals surface area (Å²) in [5.74, 6) is 0.389. The van der Waals surface area contributed by atoms with E-state index in [0.29, 0.717) is 30.9 Å². The Labute approximate surface area is 168 Å². The standard InChI is InChI=1S/C18H27N9O2/c1-4-18(17(29)19-7-8-25(2)3)10-12-5-6-14(18)27(12)16(28)13-9-15(22-21-13)26-11-20-23-24-26/h9,11-12,14H,4-8,10H2,1-3H3,(H,19,29)(H,21,22)/t12-,14+,18+/m1/s1. The molecule has 2 N–H and O–H groups in total. The normalized spacial score (nSPS) is 25.7. The topological polar surface area (TPSA) is 125 Å². The fourth-order valence-electron chi connectivity index (χ4n) is 4.79. The van der Waals surface area contributed by atoms with E-state index in [0.717, 1.165) is 19.4 Å². The van der Waals surface area contributed by atoms with Crippen LogP contribution < -0.4 is 5.32 Å². The predicted molar refractivity (Wildman–Crippen MR) is 103 cm³/mol. The zero-order valence-corrected chi connectivity index (χ0v) is 17.0. The van der Waals surface area contributed by atoms with Crippen LogP contribution in [0, 0.1) is 5.41 Å². The number of H-pyrrole nitrogens is 1. The van der Waals surface area contributed by atoms with Gasteiger partial charge in [0.25, 0.3) is 5.91 Å². The Morgan fingerprint density at radius 2 is 2.21 bits per heavy atom. The van der Waals surface area contributed by atoms with Gasteiger partial charge in [-0.25, -0.2) is 0 Å². The maximum Gasteiger partial charge on any atom is 0.272 e. The molecule has 0 unspecified atom stereocenters. The van der Waals surface area contributed by atoms with Crippen molar-refractivity contribution in [1.29, 1.82) is 0 Å². The molecule has 11 nitrogen and oxygen atoms in total. The van der Waals surface area contributed by atoms with Gasteiger partial charge in [-0.1, -0.05) is 6.92 Å². The lowest BCUT2D eigenvalue weighted by Gasteiger charge is -2.35. The minimum Gasteiger partial charge on any atom is -0.354 e. The van der Waals surface area contributed by atoms with Crippen molar-refractivity contribution >= 4 is 11.8 Å². The number of nitrogens with zero attached hydrogens (tertiary/aromatic N) is 7. The first-order valence-corrected chi connectivity index (χ1v) is 10.0. The van der Waals surface area contributed by atoms with E-state index in [1.54, 1.807) is 6.07 Å². The van der Waals surface area contributed by atoms with Gasteiger partial charge >= 0.3 is 0 Å². The van der Waals surface area contributed by atoms with Gasteiger partial charge in [-0.3, -0.25) is 14.7 Å². The number of rotatable bonds is 7. The van der Waals surface area contributed by atoms with Crippen molar-refractivity contribution in [3.8, 4) is 5.82 Å². The summed E-state index contributed by atoms with van der Waals surface area (Å²) in [7, 11) is 3.96. The van der Waals surface area contributed by atoms with Crippen molar-refractivity contribution in [2.24, 2.45) is 5.41 Å². The number of hydrogen-bond donors (Lipinski definition) is 2. The number of carbonyl (C=O) groups is 2. The molecule has 3 atom stereocenters. The SMILES string of the molecule is CC[C@]1(C(=O)NCCN(C)C)C[C@H]2CC[C@@H]1N2C(=O)c1cc(-n2cnnn2)n[nH]1. The summed E-state index contributed by atoms with van der Waals surface area (Å²) < 4.78 is 1.39. The molecule has 2 aromatic heterocycles. The van der Waals surface area contributed by atoms with Crippen LogP contribution in [0.15, 0.2) is 12.4 Å². The summed E-state index contributed by atoms with van der Waals surface area (Å²) in [6.45, 7) is 3.44. The van der Waals surface area contributed by atoms with Crippen molar-refractivity contribution in [1.82, 2.24) is 45.5 Å². The Balaban J connectivity index is 1.52. The van der Waals surface area contributed by atoms with Crippen LogP contribution in [0.3, 0.4) is 0 Å². The minimum absolute atomic E-state index is 0.0610. The van der Waals surface area contributed by atoms with Crippen LogP contribution in [0.25, 0.3) is 5.82 Å². The van der Waals surface area contributed by atoms with E-state index in [2.05, 4.69) is 31.0 Å². The highest BCUT2D eigenvalue weighted by Crippen LogP contribution is 2.52. The third-order valence-corrected chi connectivity index (χ3v) is 6.28. The van der Waals surface area contributed by atoms with Crippen molar-refractivity contribution in [3.63, 3.8) is 0 Å². The lowest BCUT2D eigenvalue weighted by Crippen LogP contribution is -2.50. The molecule has 2 aliphatic rings. The molecule has 0 radical (unpaired) electrons. The number of amides is 2. The fraction of sp³-hybridized carbons (Fsp3) is 0.667. The van der Waals surface area contributed by atoms with Crippen LogP contribution in [0.5, 0.6) is 0 Å². The zero-order chi connectivity index (χ0) is 20.6. The van der Waals surface area contributed by atoms with Crippen molar-refractivity contribution in [2.45, 2.75) is 44.7 Å². The molecule has 0 spiro atoms. The Hall–Kier alpha value is -2.82. The Morgan fingerprint density at radius 1 is 1.38 bits per heavy atom. The van der Waals surface area contributed by atoms with Gasteiger partial charge in [0, 0.05) is 31.2 Å². The monoisotopic (exact) mass is 401 g/mol. The molecule has 0 aliphatic carbocycles. The fourth-order valence-corrected chi connectivity index (χ4v) is 4.79. The van der Waals surface area contributed by atoms with Gasteiger partial charge in [0.2, 0.25) is 5.91 Å². The Morgan fingerprint density at radius 3 is 2.90 bits per heavy atom. The van der Waals surface area contributed by atoms with Gasteiger partial charge in [0.1, 0.15) is 12.0 Å². The number of fused-ring (bicyclic) bond motifs is 2. The highest BCUT2D eigenvalue weighted by atomic mass is 16.2. The second-order valence-electron chi connectivity index (χ2n) is 8.13. The molecule has 2 saturated heterocycles. The maximum atomic E-state index is 13.3. The summed E-state index contributed by atoms with van der Waals surface area (Å²) in [6, 6.07) is 1.62. The molecule has 2 aromatic rings. The molecule has 0 aromatic carbocycles. The lowest BCUT2D eigenvalue weighted by atomic mass is 9.71. The van der Waals surface area contributed by atoms with Crippen LogP contribution in [-0.4, -0.2) is 91.3 Å². The summed E-state index contributed by atoms with van der Waals surface area (Å²) in [4.78, 5) is 30.3. The van der Waals surface area contributed by atoms with Gasteiger partial charge in [-0.2, -0.15) is 9.78 Å². The molecule has 4 rings (SSSR count). The first-order valence-electron chi connectivity index (χ1n) is 10.0. The van der Waals surface area contributed by atoms with Gasteiger partial charge < -0.3 is 15.1 Å². The Bertz CT molecular complexity index is 878. The van der Waals surface area contributed by atoms with Crippen LogP contribution in [-0.2, 0) is 4.79 Å². The van der Waals surface area contributed by atoms with Crippen LogP contribution in [0.2, 0.25) is 0 Å². The molecule has 2 fully saturated rings. The molecule has 4 heterocycles. The Kier molecular flexibility index (Phi) is 5.07. The third-order valence-electron chi connectivity index (χ3n) is 6.28. The minimum atomic E-state index is -0.524. The first kappa shape index (κ1) is 19.5. The number of aromatic nitrogens is 6. The second kappa shape index (κ2) is 7.54. The average Bonchev–Trinajstić information content (AvgIpc) is 3.49. The molecule has 0 saturated carbocycles. The second-order valence-corrected chi connectivity index (χ2v) is 8.13. The summed E-state index contributed by atoms with van der Waals surface area (Å²) in [5.41, 5.74) is -0.142. The highest BCUT2D eigenvalue weighted by Gasteiger charge is 2.60. The first-order chi connectivity index (χ1) is 14.0. The van der Waals surface area contributed by atoms with Crippen LogP contribution >= 0.6 is 0 Å². The lowest BCUT2D eigenvalue weighted by molar-refractivity contribution is -0.133. The molecule has 2 amide bonds. The van der Waals surface area contributed by atoms with Crippen molar-refractivity contribution in [3.05, 3.63) is 18.1 Å². The zero-order valence-electron chi connectivity index (χ0n) is 17.0. The molecule has 2 aliphatic heterocycles. The van der Waals surface area contributed by atoms with E-state index < -0.39 is 5.41 Å². The number of nitrogens with one attached hydrogen (secondary N) is 2. The van der Waals surface area contributed by atoms with E-state index in [9.17, 15) is 9.59 Å². The largest absolute Gasteiger partial charge is 0.354 e. The van der Waals surface area contributed by atoms with Crippen molar-refractivity contribution in [2.75, 3.05) is 27.2 Å². The number of hydrogen-bond acceptors (Lipinski definition) is 7. The van der Waals surface area contributed by atoms with E-state index in [-0.39, 0.29) is 23.9 Å². The smallest absolute Gasteiger partial charge is 0.272 e. The van der Waals surface area contributed by atoms with Gasteiger partial charge in [0.15, 0.2) is 5.82 Å². The van der Waals surface area contributed by atoms with E-state index in [4.69, 9.17) is 0 Å². The number of likely N-dealkylation sites (N-methyl/N-ethyl adjacent to an activating group) is 1. The summed E-state index contributed by atoms with van der Waals surface area (Å²) >= 11 is 0. The molecule has 29 heavy (non-hydrogen) atoms. The molecule has 2 bridgehead atoms. The average molecular weight is 401 g/mol. The molecule has 156 valence electrons. The maximum absolute atomic E-state index is 13.3. The van der Waals surface area contributed by atoms with Gasteiger partial charge in [-0.05, 0) is 50.2 Å². The van der Waals surface area contributed by atoms with Crippen LogP contribution in [0.1, 0.15) is 43.1 Å². The van der Waals surface area contributed by atoms with Crippen LogP contribution in [0.4, 0.5) is 0 Å². The predicted octanol–water partition coefficient (Wildman–Crippen LogP) is -0.163. The summed E-state index contributed by atoms with van der Waals surface area (Å²) in [6.07, 6.45) is 4.62. The number of tetrazole rings is 1. The molecular formula is C18H27N9O2. The van der Waals surface area contributed by atoms with E-state index in [1.807, 2.05) is 30.8 Å². The quantitative estimate of drug-likeness (QED) is 0.660. The van der Waals surface area contributed by atoms with Crippen molar-refractivity contribution < 1.29 is 9.59 Å². The highest BCUT2D eigenvalue weighted by molar-refractivity contribution is 5.95. The van der Waals surface area contributed by atoms with Gasteiger partial charge in [-0.15, -0.1) is 5.10 Å². The van der Waals surface area contributed by atoms with E-state index in [1.165, 1.54) is 11.0 Å². The van der Waals surface area contributed by atoms with Gasteiger partial charge in [0.05, 0.1) is 5.41 Å². The summed E-state index contributed by atoms with van der Waals surface area (Å²) in [5, 5.41) is 21.0. The molecular weight excluding hydrogens is 374 g/mol. The third kappa shape index (κ3) is 3.28. The van der Waals surface area contributed by atoms with E-state index >= 15 is 0 Å². The number of aromatic amines is 1. The molecule has 11 heteroatoms. The number of carbonyl (C=O) groups excluding carboxylic acids is 2.